The summed E-state index contributed by atoms with van der Waals surface area (Å²) in [5.41, 5.74) is 2.45. The molecule has 2 aromatic heterocycles. The Kier molecular flexibility index (Phi) is 3.01. The molecule has 5 nitrogen and oxygen atoms in total. The van der Waals surface area contributed by atoms with Crippen LogP contribution in [0.2, 0.25) is 0 Å². The molecule has 0 spiro atoms. The van der Waals surface area contributed by atoms with Gasteiger partial charge in [-0.05, 0) is 36.4 Å². The number of aromatic hydroxyl groups is 1. The van der Waals surface area contributed by atoms with Gasteiger partial charge in [-0.2, -0.15) is 0 Å². The molecule has 0 unspecified atom stereocenters. The summed E-state index contributed by atoms with van der Waals surface area (Å²) >= 11 is 0. The fraction of sp³-hybridized carbons (Fsp3) is 0. The van der Waals surface area contributed by atoms with Crippen molar-refractivity contribution in [2.75, 3.05) is 0 Å². The third kappa shape index (κ3) is 2.30. The molecule has 6 heteroatoms. The van der Waals surface area contributed by atoms with Crippen LogP contribution in [0.15, 0.2) is 60.9 Å². The van der Waals surface area contributed by atoms with Crippen molar-refractivity contribution in [2.24, 2.45) is 0 Å². The maximum absolute atomic E-state index is 13.3. The predicted molar refractivity (Wildman–Crippen MR) is 83.7 cm³/mol. The molecule has 2 aromatic carbocycles. The summed E-state index contributed by atoms with van der Waals surface area (Å²) in [6.45, 7) is 0. The summed E-state index contributed by atoms with van der Waals surface area (Å²) in [6.07, 6.45) is 3.33. The quantitative estimate of drug-likeness (QED) is 0.617. The molecular formula is C17H11FN4O. The Morgan fingerprint density at radius 3 is 2.83 bits per heavy atom. The zero-order valence-electron chi connectivity index (χ0n) is 11.9. The minimum atomic E-state index is -0.323. The zero-order chi connectivity index (χ0) is 15.8. The largest absolute Gasteiger partial charge is 0.506 e. The van der Waals surface area contributed by atoms with Crippen molar-refractivity contribution in [1.82, 2.24) is 20.0 Å². The summed E-state index contributed by atoms with van der Waals surface area (Å²) in [5.74, 6) is -0.217. The fourth-order valence-corrected chi connectivity index (χ4v) is 2.50. The maximum Gasteiger partial charge on any atom is 0.141 e. The van der Waals surface area contributed by atoms with Gasteiger partial charge in [0, 0.05) is 17.1 Å². The number of benzene rings is 2. The molecule has 4 aromatic rings. The summed E-state index contributed by atoms with van der Waals surface area (Å²) in [7, 11) is 0. The van der Waals surface area contributed by atoms with E-state index in [1.54, 1.807) is 47.4 Å². The normalized spacial score (nSPS) is 11.0. The second kappa shape index (κ2) is 5.17. The van der Waals surface area contributed by atoms with Gasteiger partial charge in [0.25, 0.3) is 0 Å². The van der Waals surface area contributed by atoms with E-state index in [0.29, 0.717) is 16.8 Å². The van der Waals surface area contributed by atoms with E-state index in [1.807, 2.05) is 6.07 Å². The number of phenols is 1. The third-order valence-corrected chi connectivity index (χ3v) is 3.59. The van der Waals surface area contributed by atoms with Crippen LogP contribution in [0.25, 0.3) is 27.8 Å². The van der Waals surface area contributed by atoms with E-state index >= 15 is 0 Å². The van der Waals surface area contributed by atoms with Crippen LogP contribution in [-0.2, 0) is 0 Å². The van der Waals surface area contributed by atoms with Gasteiger partial charge in [-0.15, -0.1) is 5.10 Å². The topological polar surface area (TPSA) is 63.8 Å². The molecule has 23 heavy (non-hydrogen) atoms. The molecule has 2 heterocycles. The number of halogens is 1. The Labute approximate surface area is 130 Å². The average Bonchev–Trinajstić information content (AvgIpc) is 3.05. The molecule has 1 N–H and O–H groups in total. The maximum atomic E-state index is 13.3. The highest BCUT2D eigenvalue weighted by molar-refractivity contribution is 5.91. The van der Waals surface area contributed by atoms with Crippen LogP contribution in [0.5, 0.6) is 5.75 Å². The molecule has 0 saturated heterocycles. The number of hydrogen-bond acceptors (Lipinski definition) is 4. The molecule has 0 bridgehead atoms. The monoisotopic (exact) mass is 306 g/mol. The second-order valence-electron chi connectivity index (χ2n) is 5.06. The van der Waals surface area contributed by atoms with Crippen molar-refractivity contribution in [3.63, 3.8) is 0 Å². The standard InChI is InChI=1S/C17H11FN4O/c18-12-4-1-3-11(9-12)14-10-22(21-20-14)15-6-7-16(23)17-13(15)5-2-8-19-17/h1-10,23H. The van der Waals surface area contributed by atoms with E-state index in [-0.39, 0.29) is 11.6 Å². The molecule has 0 saturated carbocycles. The Morgan fingerprint density at radius 2 is 1.96 bits per heavy atom. The molecule has 0 amide bonds. The van der Waals surface area contributed by atoms with Crippen molar-refractivity contribution in [2.45, 2.75) is 0 Å². The minimum absolute atomic E-state index is 0.106. The predicted octanol–water partition coefficient (Wildman–Crippen LogP) is 3.33. The van der Waals surface area contributed by atoms with Gasteiger partial charge in [0.05, 0.1) is 11.9 Å². The van der Waals surface area contributed by atoms with E-state index in [9.17, 15) is 9.50 Å². The number of phenolic OH excluding ortho intramolecular Hbond substituents is 1. The van der Waals surface area contributed by atoms with Gasteiger partial charge in [0.1, 0.15) is 22.8 Å². The summed E-state index contributed by atoms with van der Waals surface area (Å²) in [4.78, 5) is 4.18. The number of aromatic nitrogens is 4. The first-order valence-corrected chi connectivity index (χ1v) is 6.98. The van der Waals surface area contributed by atoms with Crippen molar-refractivity contribution < 1.29 is 9.50 Å². The molecule has 0 aliphatic heterocycles. The van der Waals surface area contributed by atoms with Crippen LogP contribution < -0.4 is 0 Å². The highest BCUT2D eigenvalue weighted by Crippen LogP contribution is 2.28. The van der Waals surface area contributed by atoms with Gasteiger partial charge in [-0.1, -0.05) is 17.3 Å². The smallest absolute Gasteiger partial charge is 0.141 e. The van der Waals surface area contributed by atoms with Gasteiger partial charge in [0.2, 0.25) is 0 Å². The molecule has 0 aliphatic carbocycles. The molecule has 0 fully saturated rings. The SMILES string of the molecule is Oc1ccc(-n2cc(-c3cccc(F)c3)nn2)c2cccnc12. The first-order valence-electron chi connectivity index (χ1n) is 6.98. The average molecular weight is 306 g/mol. The third-order valence-electron chi connectivity index (χ3n) is 3.59. The Balaban J connectivity index is 1.85. The van der Waals surface area contributed by atoms with Crippen LogP contribution in [0.1, 0.15) is 0 Å². The van der Waals surface area contributed by atoms with Gasteiger partial charge in [0.15, 0.2) is 0 Å². The first kappa shape index (κ1) is 13.4. The van der Waals surface area contributed by atoms with Gasteiger partial charge in [-0.25, -0.2) is 9.07 Å². The Morgan fingerprint density at radius 1 is 1.04 bits per heavy atom. The van der Waals surface area contributed by atoms with E-state index in [0.717, 1.165) is 11.1 Å². The van der Waals surface area contributed by atoms with Crippen LogP contribution in [0.4, 0.5) is 4.39 Å². The molecule has 0 radical (unpaired) electrons. The summed E-state index contributed by atoms with van der Waals surface area (Å²) in [5, 5.41) is 18.9. The van der Waals surface area contributed by atoms with Gasteiger partial charge in [-0.3, -0.25) is 4.98 Å². The lowest BCUT2D eigenvalue weighted by Crippen LogP contribution is -1.96. The van der Waals surface area contributed by atoms with Crippen molar-refractivity contribution in [1.29, 1.82) is 0 Å². The number of fused-ring (bicyclic) bond motifs is 1. The van der Waals surface area contributed by atoms with Crippen molar-refractivity contribution in [3.05, 3.63) is 66.7 Å². The minimum Gasteiger partial charge on any atom is -0.506 e. The lowest BCUT2D eigenvalue weighted by Gasteiger charge is -2.06. The molecule has 112 valence electrons. The number of hydrogen-bond donors (Lipinski definition) is 1. The van der Waals surface area contributed by atoms with E-state index < -0.39 is 0 Å². The summed E-state index contributed by atoms with van der Waals surface area (Å²) < 4.78 is 14.9. The molecule has 4 rings (SSSR count). The highest BCUT2D eigenvalue weighted by atomic mass is 19.1. The zero-order valence-corrected chi connectivity index (χ0v) is 11.9. The van der Waals surface area contributed by atoms with Crippen molar-refractivity contribution >= 4 is 10.9 Å². The molecule has 0 aliphatic rings. The van der Waals surface area contributed by atoms with Gasteiger partial charge < -0.3 is 5.11 Å². The number of rotatable bonds is 2. The van der Waals surface area contributed by atoms with E-state index in [4.69, 9.17) is 0 Å². The van der Waals surface area contributed by atoms with Crippen LogP contribution in [0.3, 0.4) is 0 Å². The van der Waals surface area contributed by atoms with E-state index in [1.165, 1.54) is 12.1 Å². The summed E-state index contributed by atoms with van der Waals surface area (Å²) in [6, 6.07) is 13.1. The number of nitrogens with zero attached hydrogens (tertiary/aromatic N) is 4. The van der Waals surface area contributed by atoms with Crippen LogP contribution >= 0.6 is 0 Å². The van der Waals surface area contributed by atoms with E-state index in [2.05, 4.69) is 15.3 Å². The lowest BCUT2D eigenvalue weighted by atomic mass is 10.1. The van der Waals surface area contributed by atoms with Gasteiger partial charge >= 0.3 is 0 Å². The molecule has 0 atom stereocenters. The van der Waals surface area contributed by atoms with Crippen LogP contribution in [0, 0.1) is 5.82 Å². The number of pyridine rings is 1. The van der Waals surface area contributed by atoms with Crippen LogP contribution in [-0.4, -0.2) is 25.1 Å². The Hall–Kier alpha value is -3.28. The highest BCUT2D eigenvalue weighted by Gasteiger charge is 2.11. The fourth-order valence-electron chi connectivity index (χ4n) is 2.50. The first-order chi connectivity index (χ1) is 11.2. The molecular weight excluding hydrogens is 295 g/mol. The Bertz CT molecular complexity index is 1010. The lowest BCUT2D eigenvalue weighted by molar-refractivity contribution is 0.480. The second-order valence-corrected chi connectivity index (χ2v) is 5.06. The van der Waals surface area contributed by atoms with Crippen molar-refractivity contribution in [3.8, 4) is 22.7 Å².